The van der Waals surface area contributed by atoms with E-state index in [2.05, 4.69) is 68.9 Å². The van der Waals surface area contributed by atoms with Gasteiger partial charge in [-0.3, -0.25) is 0 Å². The van der Waals surface area contributed by atoms with E-state index in [4.69, 9.17) is 18.9 Å². The van der Waals surface area contributed by atoms with Crippen molar-refractivity contribution in [3.05, 3.63) is 148 Å². The lowest BCUT2D eigenvalue weighted by Gasteiger charge is -2.51. The zero-order valence-electron chi connectivity index (χ0n) is 46.9. The molecule has 0 bridgehead atoms. The van der Waals surface area contributed by atoms with E-state index >= 15 is 0 Å². The van der Waals surface area contributed by atoms with E-state index in [9.17, 15) is 19.2 Å². The Morgan fingerprint density at radius 2 is 0.537 bits per heavy atom. The average molecular weight is 1100 g/mol. The number of nitrogens with one attached hydrogen (secondary N) is 8. The molecule has 16 heteroatoms. The summed E-state index contributed by atoms with van der Waals surface area (Å²) in [5.74, 6) is 2.37. The normalized spacial score (nSPS) is 15.1. The van der Waals surface area contributed by atoms with Gasteiger partial charge in [0.2, 0.25) is 0 Å². The molecule has 0 saturated heterocycles. The fourth-order valence-electron chi connectivity index (χ4n) is 9.13. The Labute approximate surface area is 475 Å². The van der Waals surface area contributed by atoms with Crippen LogP contribution in [0, 0.1) is 0 Å². The maximum atomic E-state index is 14.1. The van der Waals surface area contributed by atoms with Crippen molar-refractivity contribution in [2.45, 2.75) is 153 Å². The van der Waals surface area contributed by atoms with Gasteiger partial charge in [0, 0.05) is 47.0 Å². The van der Waals surface area contributed by atoms with Gasteiger partial charge in [-0.2, -0.15) is 0 Å². The summed E-state index contributed by atoms with van der Waals surface area (Å²) in [6, 6.07) is 22.0. The monoisotopic (exact) mass is 1100 g/mol. The third-order valence-corrected chi connectivity index (χ3v) is 13.4. The van der Waals surface area contributed by atoms with Gasteiger partial charge < -0.3 is 61.5 Å². The molecule has 4 aromatic carbocycles. The minimum Gasteiger partial charge on any atom is -0.494 e. The van der Waals surface area contributed by atoms with Crippen LogP contribution in [0.15, 0.2) is 148 Å². The molecular formula is C64H88N8O8. The molecule has 0 atom stereocenters. The van der Waals surface area contributed by atoms with Crippen molar-refractivity contribution in [1.29, 1.82) is 0 Å². The van der Waals surface area contributed by atoms with Crippen LogP contribution in [0.3, 0.4) is 0 Å². The lowest BCUT2D eigenvalue weighted by atomic mass is 9.75. The van der Waals surface area contributed by atoms with E-state index in [-0.39, 0.29) is 0 Å². The Morgan fingerprint density at radius 3 is 0.750 bits per heavy atom. The summed E-state index contributed by atoms with van der Waals surface area (Å²) in [4.78, 5) is 56.2. The van der Waals surface area contributed by atoms with Crippen LogP contribution in [0.1, 0.15) is 128 Å². The molecule has 432 valence electrons. The second-order valence-corrected chi connectivity index (χ2v) is 20.0. The summed E-state index contributed by atoms with van der Waals surface area (Å²) >= 11 is 0. The van der Waals surface area contributed by atoms with Crippen molar-refractivity contribution >= 4 is 46.9 Å². The number of unbranched alkanes of at least 4 members (excludes halogenated alkanes) is 16. The molecule has 5 rings (SSSR count). The van der Waals surface area contributed by atoms with Gasteiger partial charge in [0.15, 0.2) is 0 Å². The molecule has 1 fully saturated rings. The van der Waals surface area contributed by atoms with Crippen LogP contribution in [0.5, 0.6) is 23.0 Å². The van der Waals surface area contributed by atoms with Gasteiger partial charge in [-0.05, 0) is 126 Å². The molecule has 0 unspecified atom stereocenters. The molecule has 0 aliphatic heterocycles. The smallest absolute Gasteiger partial charge is 0.319 e. The molecule has 16 nitrogen and oxygen atoms in total. The summed E-state index contributed by atoms with van der Waals surface area (Å²) in [5, 5.41) is 23.5. The van der Waals surface area contributed by atoms with Crippen LogP contribution >= 0.6 is 0 Å². The predicted molar refractivity (Wildman–Crippen MR) is 325 cm³/mol. The number of allylic oxidation sites excluding steroid dienone is 4. The fourth-order valence-corrected chi connectivity index (χ4v) is 9.13. The van der Waals surface area contributed by atoms with Gasteiger partial charge >= 0.3 is 24.1 Å². The number of ether oxygens (including phenoxy) is 4. The first kappa shape index (κ1) is 63.0. The number of urea groups is 4. The Kier molecular flexibility index (Phi) is 29.8. The van der Waals surface area contributed by atoms with Crippen LogP contribution in [0.2, 0.25) is 0 Å². The van der Waals surface area contributed by atoms with Gasteiger partial charge in [-0.1, -0.05) is 99.9 Å². The van der Waals surface area contributed by atoms with Crippen molar-refractivity contribution in [2.75, 3.05) is 47.7 Å². The molecule has 0 aromatic heterocycles. The average Bonchev–Trinajstić information content (AvgIpc) is 3.53. The lowest BCUT2D eigenvalue weighted by molar-refractivity contribution is 0.129. The van der Waals surface area contributed by atoms with Crippen LogP contribution in [0.4, 0.5) is 41.9 Å². The number of rotatable bonds is 40. The fraction of sp³-hybridized carbons (Fsp3) is 0.438. The highest BCUT2D eigenvalue weighted by Gasteiger charge is 2.54. The van der Waals surface area contributed by atoms with E-state index in [1.54, 1.807) is 72.8 Å². The second-order valence-electron chi connectivity index (χ2n) is 20.0. The van der Waals surface area contributed by atoms with Crippen LogP contribution in [-0.4, -0.2) is 74.7 Å². The SMILES string of the molecule is C=CCCCCCCOc1cccc(NC(=O)NC2C(NC(=O)Nc3cccc(OCCCCCCC=C)c3)C(NC(=O)Nc3cccc(OCCCCCCC=C)c3)C2NC(=O)Nc2cccc(OCCCCCCC=C)c2)c1. The molecule has 8 amide bonds. The first-order valence-corrected chi connectivity index (χ1v) is 28.8. The van der Waals surface area contributed by atoms with E-state index in [0.717, 1.165) is 128 Å². The van der Waals surface area contributed by atoms with Crippen molar-refractivity contribution < 1.29 is 38.1 Å². The maximum Gasteiger partial charge on any atom is 0.319 e. The number of amides is 8. The first-order chi connectivity index (χ1) is 39.2. The molecular weight excluding hydrogens is 1010 g/mol. The van der Waals surface area contributed by atoms with Crippen LogP contribution < -0.4 is 61.5 Å². The highest BCUT2D eigenvalue weighted by atomic mass is 16.5. The largest absolute Gasteiger partial charge is 0.494 e. The Hall–Kier alpha value is -7.88. The number of hydrogen-bond acceptors (Lipinski definition) is 8. The van der Waals surface area contributed by atoms with Crippen LogP contribution in [0.25, 0.3) is 0 Å². The molecule has 1 aliphatic rings. The van der Waals surface area contributed by atoms with E-state index < -0.39 is 48.3 Å². The van der Waals surface area contributed by atoms with Crippen molar-refractivity contribution in [3.8, 4) is 23.0 Å². The zero-order valence-corrected chi connectivity index (χ0v) is 46.9. The number of anilines is 4. The molecule has 0 radical (unpaired) electrons. The molecule has 1 aliphatic carbocycles. The number of carbonyl (C=O) groups excluding carboxylic acids is 4. The number of carbonyl (C=O) groups is 4. The molecule has 0 heterocycles. The summed E-state index contributed by atoms with van der Waals surface area (Å²) in [7, 11) is 0. The van der Waals surface area contributed by atoms with Gasteiger partial charge in [-0.25, -0.2) is 19.2 Å². The third-order valence-electron chi connectivity index (χ3n) is 13.4. The van der Waals surface area contributed by atoms with Crippen molar-refractivity contribution in [1.82, 2.24) is 21.3 Å². The highest BCUT2D eigenvalue weighted by molar-refractivity contribution is 5.94. The summed E-state index contributed by atoms with van der Waals surface area (Å²) < 4.78 is 24.1. The predicted octanol–water partition coefficient (Wildman–Crippen LogP) is 14.8. The summed E-state index contributed by atoms with van der Waals surface area (Å²) in [6.07, 6.45) is 28.1. The van der Waals surface area contributed by atoms with Crippen LogP contribution in [-0.2, 0) is 0 Å². The summed E-state index contributed by atoms with van der Waals surface area (Å²) in [5.41, 5.74) is 1.85. The van der Waals surface area contributed by atoms with Crippen molar-refractivity contribution in [3.63, 3.8) is 0 Å². The molecule has 80 heavy (non-hydrogen) atoms. The molecule has 1 saturated carbocycles. The molecule has 4 aromatic rings. The maximum absolute atomic E-state index is 14.1. The first-order valence-electron chi connectivity index (χ1n) is 28.8. The standard InChI is InChI=1S/C64H88N8O8/c1-5-9-13-17-21-25-41-77-53-37-29-33-49(45-53)65-61(73)69-57-58(70-62(74)66-50-34-30-38-54(46-50)78-42-26-22-18-14-10-6-2)60(72-64(76)68-52-36-32-40-56(48-52)80-44-28-24-20-16-12-8-4)59(57)71-63(75)67-51-35-31-39-55(47-51)79-43-27-23-19-15-11-7-3/h5-8,29-40,45-48,57-60H,1-4,9-28,41-44H2,(H2,65,69,73)(H2,66,70,74)(H2,67,71,75)(H2,68,72,76). The Bertz CT molecular complexity index is 2170. The third kappa shape index (κ3) is 24.8. The molecule has 8 N–H and O–H groups in total. The topological polar surface area (TPSA) is 201 Å². The Morgan fingerprint density at radius 1 is 0.325 bits per heavy atom. The van der Waals surface area contributed by atoms with Gasteiger partial charge in [0.1, 0.15) is 23.0 Å². The van der Waals surface area contributed by atoms with E-state index in [0.29, 0.717) is 72.2 Å². The Balaban J connectivity index is 1.34. The van der Waals surface area contributed by atoms with E-state index in [1.165, 1.54) is 0 Å². The van der Waals surface area contributed by atoms with E-state index in [1.807, 2.05) is 48.6 Å². The molecule has 0 spiro atoms. The van der Waals surface area contributed by atoms with Gasteiger partial charge in [0.25, 0.3) is 0 Å². The van der Waals surface area contributed by atoms with Gasteiger partial charge in [-0.15, -0.1) is 26.3 Å². The quantitative estimate of drug-likeness (QED) is 0.0159. The minimum absolute atomic E-state index is 0.461. The zero-order chi connectivity index (χ0) is 56.8. The lowest BCUT2D eigenvalue weighted by Crippen LogP contribution is -2.83. The van der Waals surface area contributed by atoms with Gasteiger partial charge in [0.05, 0.1) is 50.6 Å². The minimum atomic E-state index is -0.965. The number of hydrogen-bond donors (Lipinski definition) is 8. The van der Waals surface area contributed by atoms with Crippen molar-refractivity contribution in [2.24, 2.45) is 0 Å². The second kappa shape index (κ2) is 37.8. The number of benzene rings is 4. The summed E-state index contributed by atoms with van der Waals surface area (Å²) in [6.45, 7) is 17.3. The highest BCUT2D eigenvalue weighted by Crippen LogP contribution is 2.27.